The maximum atomic E-state index is 13.8. The van der Waals surface area contributed by atoms with Gasteiger partial charge in [-0.05, 0) is 56.4 Å². The first-order valence-corrected chi connectivity index (χ1v) is 21.1. The molecule has 4 fully saturated rings. The third kappa shape index (κ3) is 11.5. The maximum Gasteiger partial charge on any atom is 0.338 e. The van der Waals surface area contributed by atoms with E-state index in [1.807, 2.05) is 4.98 Å². The van der Waals surface area contributed by atoms with Gasteiger partial charge in [-0.2, -0.15) is 0 Å². The molecule has 6 rings (SSSR count). The molecule has 0 spiro atoms. The molecule has 11 N–H and O–H groups in total. The van der Waals surface area contributed by atoms with Gasteiger partial charge in [0.2, 0.25) is 0 Å². The predicted molar refractivity (Wildman–Crippen MR) is 215 cm³/mol. The van der Waals surface area contributed by atoms with Crippen molar-refractivity contribution in [2.45, 2.75) is 144 Å². The second kappa shape index (κ2) is 21.4. The third-order valence-electron chi connectivity index (χ3n) is 12.1. The number of nitrogens with two attached hydrogens (primary N) is 1. The monoisotopic (exact) mass is 908 g/mol. The molecule has 15 atom stereocenters. The number of hydrogen-bond donors (Lipinski definition) is 10. The van der Waals surface area contributed by atoms with Crippen molar-refractivity contribution in [3.8, 4) is 0 Å². The molecule has 2 aliphatic heterocycles. The molecular formula is C41H56N4O19. The zero-order valence-corrected chi connectivity index (χ0v) is 35.1. The Morgan fingerprint density at radius 1 is 0.875 bits per heavy atom. The molecule has 11 unspecified atom stereocenters. The molecular weight excluding hydrogens is 852 g/mol. The minimum absolute atomic E-state index is 0.0361. The average Bonchev–Trinajstić information content (AvgIpc) is 3.26. The Bertz CT molecular complexity index is 2010. The van der Waals surface area contributed by atoms with E-state index < -0.39 is 139 Å². The lowest BCUT2D eigenvalue weighted by Gasteiger charge is -2.48. The van der Waals surface area contributed by atoms with Crippen molar-refractivity contribution in [3.63, 3.8) is 0 Å². The van der Waals surface area contributed by atoms with Gasteiger partial charge in [0.05, 0.1) is 43.4 Å². The number of rotatable bonds is 15. The molecule has 0 radical (unpaired) electrons. The van der Waals surface area contributed by atoms with E-state index in [1.165, 1.54) is 31.2 Å². The first-order chi connectivity index (χ1) is 30.5. The SMILES string of the molecule is COC(=O)C1CC(O[C@@H]2O[C@@H](CO)C(O)C(O[C@@H](CC3CCCCC3)C(=O)O)C2OC(=O)c2ccc(N)cc2)C(OC2OC(C)C(O)C(O)C2O)[C@H](NC(=O)c2cc(=O)[nH]c(=O)[nH]2)C1. The van der Waals surface area contributed by atoms with E-state index in [0.29, 0.717) is 5.69 Å². The van der Waals surface area contributed by atoms with Crippen molar-refractivity contribution in [2.75, 3.05) is 19.5 Å². The van der Waals surface area contributed by atoms with Crippen molar-refractivity contribution in [3.05, 3.63) is 62.4 Å². The van der Waals surface area contributed by atoms with E-state index in [-0.39, 0.29) is 30.7 Å². The second-order valence-corrected chi connectivity index (χ2v) is 16.6. The summed E-state index contributed by atoms with van der Waals surface area (Å²) >= 11 is 0. The normalized spacial score (nSPS) is 34.0. The lowest BCUT2D eigenvalue weighted by molar-refractivity contribution is -0.347. The van der Waals surface area contributed by atoms with Crippen LogP contribution >= 0.6 is 0 Å². The molecule has 1 amide bonds. The highest BCUT2D eigenvalue weighted by Gasteiger charge is 2.54. The van der Waals surface area contributed by atoms with Crippen molar-refractivity contribution in [2.24, 2.45) is 11.8 Å². The quantitative estimate of drug-likeness (QED) is 0.0685. The van der Waals surface area contributed by atoms with Gasteiger partial charge in [-0.3, -0.25) is 19.4 Å². The lowest BCUT2D eigenvalue weighted by Crippen LogP contribution is -2.65. The molecule has 2 saturated carbocycles. The highest BCUT2D eigenvalue weighted by Crippen LogP contribution is 2.38. The Balaban J connectivity index is 1.41. The number of carbonyl (C=O) groups excluding carboxylic acids is 3. The molecule has 354 valence electrons. The molecule has 2 saturated heterocycles. The number of carboxylic acids is 1. The van der Waals surface area contributed by atoms with Gasteiger partial charge in [-0.15, -0.1) is 0 Å². The van der Waals surface area contributed by atoms with Crippen molar-refractivity contribution < 1.29 is 83.0 Å². The number of carboxylic acid groups (broad SMARTS) is 1. The summed E-state index contributed by atoms with van der Waals surface area (Å²) in [5.41, 5.74) is 3.67. The number of nitrogen functional groups attached to an aromatic ring is 1. The number of aliphatic hydroxyl groups is 5. The van der Waals surface area contributed by atoms with Crippen LogP contribution in [0, 0.1) is 11.8 Å². The molecule has 23 nitrogen and oxygen atoms in total. The van der Waals surface area contributed by atoms with Crippen LogP contribution in [-0.2, 0) is 42.7 Å². The van der Waals surface area contributed by atoms with Crippen molar-refractivity contribution in [1.82, 2.24) is 15.3 Å². The summed E-state index contributed by atoms with van der Waals surface area (Å²) in [6, 6.07) is 4.95. The number of aliphatic hydroxyl groups excluding tert-OH is 5. The highest BCUT2D eigenvalue weighted by atomic mass is 16.7. The molecule has 1 aromatic carbocycles. The van der Waals surface area contributed by atoms with Crippen LogP contribution in [-0.4, -0.2) is 164 Å². The van der Waals surface area contributed by atoms with Crippen LogP contribution in [0.1, 0.15) is 79.1 Å². The molecule has 23 heteroatoms. The Kier molecular flexibility index (Phi) is 16.3. The van der Waals surface area contributed by atoms with Gasteiger partial charge >= 0.3 is 23.6 Å². The summed E-state index contributed by atoms with van der Waals surface area (Å²) in [6.07, 6.45) is -18.0. The Labute approximate surface area is 365 Å². The highest BCUT2D eigenvalue weighted by molar-refractivity contribution is 5.92. The summed E-state index contributed by atoms with van der Waals surface area (Å²) in [5.74, 6) is -5.41. The fraction of sp³-hybridized carbons (Fsp3) is 0.659. The number of ether oxygens (including phenoxy) is 7. The van der Waals surface area contributed by atoms with Gasteiger partial charge in [0.1, 0.15) is 48.4 Å². The van der Waals surface area contributed by atoms with Gasteiger partial charge in [0, 0.05) is 11.8 Å². The van der Waals surface area contributed by atoms with E-state index in [1.54, 1.807) is 0 Å². The van der Waals surface area contributed by atoms with E-state index in [0.717, 1.165) is 45.3 Å². The van der Waals surface area contributed by atoms with Crippen LogP contribution in [0.25, 0.3) is 0 Å². The summed E-state index contributed by atoms with van der Waals surface area (Å²) < 4.78 is 41.7. The minimum atomic E-state index is -1.91. The van der Waals surface area contributed by atoms with Crippen molar-refractivity contribution >= 4 is 29.5 Å². The number of benzene rings is 1. The molecule has 1 aromatic heterocycles. The number of carbonyl (C=O) groups is 4. The molecule has 2 aromatic rings. The topological polar surface area (TPSA) is 358 Å². The number of H-pyrrole nitrogens is 2. The van der Waals surface area contributed by atoms with E-state index >= 15 is 0 Å². The minimum Gasteiger partial charge on any atom is -0.479 e. The number of methoxy groups -OCH3 is 1. The van der Waals surface area contributed by atoms with Gasteiger partial charge in [-0.1, -0.05) is 32.1 Å². The summed E-state index contributed by atoms with van der Waals surface area (Å²) in [4.78, 5) is 82.0. The number of esters is 2. The number of nitrogens with one attached hydrogen (secondary N) is 3. The van der Waals surface area contributed by atoms with Crippen LogP contribution in [0.4, 0.5) is 5.69 Å². The van der Waals surface area contributed by atoms with E-state index in [9.17, 15) is 59.4 Å². The van der Waals surface area contributed by atoms with E-state index in [4.69, 9.17) is 38.9 Å². The summed E-state index contributed by atoms with van der Waals surface area (Å²) in [7, 11) is 1.11. The molecule has 0 bridgehead atoms. The molecule has 64 heavy (non-hydrogen) atoms. The number of anilines is 1. The zero-order chi connectivity index (χ0) is 46.4. The van der Waals surface area contributed by atoms with E-state index in [2.05, 4.69) is 10.3 Å². The number of hydrogen-bond acceptors (Lipinski definition) is 19. The maximum absolute atomic E-state index is 13.8. The molecule has 2 aliphatic carbocycles. The van der Waals surface area contributed by atoms with Crippen molar-refractivity contribution in [1.29, 1.82) is 0 Å². The van der Waals surface area contributed by atoms with Gasteiger partial charge in [0.25, 0.3) is 11.5 Å². The fourth-order valence-electron chi connectivity index (χ4n) is 8.69. The Morgan fingerprint density at radius 3 is 2.22 bits per heavy atom. The summed E-state index contributed by atoms with van der Waals surface area (Å²) in [6.45, 7) is 0.498. The van der Waals surface area contributed by atoms with Gasteiger partial charge < -0.3 is 79.8 Å². The van der Waals surface area contributed by atoms with Crippen LogP contribution < -0.4 is 22.3 Å². The largest absolute Gasteiger partial charge is 0.479 e. The van der Waals surface area contributed by atoms with Crippen LogP contribution in [0.2, 0.25) is 0 Å². The number of amides is 1. The zero-order valence-electron chi connectivity index (χ0n) is 35.1. The van der Waals surface area contributed by atoms with Gasteiger partial charge in [0.15, 0.2) is 24.8 Å². The van der Waals surface area contributed by atoms with Crippen LogP contribution in [0.5, 0.6) is 0 Å². The fourth-order valence-corrected chi connectivity index (χ4v) is 8.69. The van der Waals surface area contributed by atoms with Crippen LogP contribution in [0.3, 0.4) is 0 Å². The number of aromatic nitrogens is 2. The smallest absolute Gasteiger partial charge is 0.338 e. The second-order valence-electron chi connectivity index (χ2n) is 16.6. The Morgan fingerprint density at radius 2 is 1.58 bits per heavy atom. The first-order valence-electron chi connectivity index (χ1n) is 21.1. The lowest BCUT2D eigenvalue weighted by atomic mass is 9.81. The molecule has 4 aliphatic rings. The predicted octanol–water partition coefficient (Wildman–Crippen LogP) is -1.96. The number of aliphatic carboxylic acids is 1. The number of aromatic amines is 2. The van der Waals surface area contributed by atoms with Crippen LogP contribution in [0.15, 0.2) is 39.9 Å². The molecule has 3 heterocycles. The Hall–Kier alpha value is -4.82. The average molecular weight is 909 g/mol. The third-order valence-corrected chi connectivity index (χ3v) is 12.1. The van der Waals surface area contributed by atoms with Gasteiger partial charge in [-0.25, -0.2) is 14.4 Å². The summed E-state index contributed by atoms with van der Waals surface area (Å²) in [5, 5.41) is 67.3. The first kappa shape index (κ1) is 48.6. The standard InChI is InChI=1S/C41H56N4O19/c1-17-28(48)30(50)31(51)39(59-17)64-32-22(43-35(52)23-15-27(47)45-41(57)44-23)13-20(37(55)58-2)14-24(32)61-40-34(63-38(56)19-8-10-21(42)11-9-19)33(29(49)26(16-46)62-40)60-25(36(53)54)12-18-6-4-3-5-7-18/h8-11,15,17-18,20,22,24-26,28-34,39-40,46,48-51H,3-7,12-14,16,42H2,1-2H3,(H,43,52)(H,53,54)(H2,44,45,47,57)/t17?,20?,22-,24?,25+,26+,28?,29?,30?,31?,32?,33?,34?,39?,40-/m1/s1.